The molecule has 0 aromatic heterocycles. The normalized spacial score (nSPS) is 16.5. The number of benzene rings is 2. The number of hydrogen-bond donors (Lipinski definition) is 1. The van der Waals surface area contributed by atoms with Crippen LogP contribution in [0.2, 0.25) is 0 Å². The Morgan fingerprint density at radius 2 is 2.00 bits per heavy atom. The monoisotopic (exact) mass is 382 g/mol. The summed E-state index contributed by atoms with van der Waals surface area (Å²) in [7, 11) is 0. The predicted octanol–water partition coefficient (Wildman–Crippen LogP) is 3.18. The summed E-state index contributed by atoms with van der Waals surface area (Å²) in [6.45, 7) is 7.56. The molecule has 148 valence electrons. The summed E-state index contributed by atoms with van der Waals surface area (Å²) in [5, 5.41) is 2.79. The predicted molar refractivity (Wildman–Crippen MR) is 108 cm³/mol. The van der Waals surface area contributed by atoms with Crippen molar-refractivity contribution in [1.29, 1.82) is 0 Å². The van der Waals surface area contributed by atoms with Crippen LogP contribution in [0, 0.1) is 13.8 Å². The summed E-state index contributed by atoms with van der Waals surface area (Å²) in [5.74, 6) is 0.323. The maximum atomic E-state index is 12.7. The van der Waals surface area contributed by atoms with E-state index in [-0.39, 0.29) is 24.5 Å². The minimum atomic E-state index is -0.275. The van der Waals surface area contributed by atoms with Gasteiger partial charge in [0.25, 0.3) is 11.8 Å². The number of carbonyl (C=O) groups is 2. The maximum absolute atomic E-state index is 12.7. The molecule has 1 N–H and O–H groups in total. The number of morpholine rings is 1. The second kappa shape index (κ2) is 8.89. The third kappa shape index (κ3) is 5.10. The van der Waals surface area contributed by atoms with Gasteiger partial charge in [0.15, 0.2) is 6.61 Å². The van der Waals surface area contributed by atoms with Gasteiger partial charge in [0.05, 0.1) is 12.7 Å². The Hall–Kier alpha value is -2.86. The van der Waals surface area contributed by atoms with Crippen molar-refractivity contribution in [3.8, 4) is 5.75 Å². The Morgan fingerprint density at radius 1 is 1.18 bits per heavy atom. The lowest BCUT2D eigenvalue weighted by molar-refractivity contribution is -0.118. The lowest BCUT2D eigenvalue weighted by Gasteiger charge is -2.31. The zero-order chi connectivity index (χ0) is 20.1. The summed E-state index contributed by atoms with van der Waals surface area (Å²) in [6.07, 6.45) is 0.0307. The number of rotatable bonds is 5. The summed E-state index contributed by atoms with van der Waals surface area (Å²) in [5.41, 5.74) is 3.40. The van der Waals surface area contributed by atoms with Crippen molar-refractivity contribution in [3.63, 3.8) is 0 Å². The maximum Gasteiger partial charge on any atom is 0.262 e. The van der Waals surface area contributed by atoms with Crippen LogP contribution in [-0.2, 0) is 9.53 Å². The van der Waals surface area contributed by atoms with E-state index >= 15 is 0 Å². The van der Waals surface area contributed by atoms with Gasteiger partial charge in [-0.15, -0.1) is 0 Å². The highest BCUT2D eigenvalue weighted by molar-refractivity contribution is 5.97. The van der Waals surface area contributed by atoms with Crippen LogP contribution in [0.25, 0.3) is 0 Å². The molecule has 1 unspecified atom stereocenters. The Morgan fingerprint density at radius 3 is 2.75 bits per heavy atom. The minimum absolute atomic E-state index is 0.0307. The van der Waals surface area contributed by atoms with Gasteiger partial charge in [0, 0.05) is 24.3 Å². The molecule has 6 nitrogen and oxygen atoms in total. The standard InChI is InChI=1S/C22H26N2O4/c1-15-7-8-20(11-16(15)2)28-14-21(25)23-19-6-4-5-18(12-19)22(26)24-9-10-27-17(3)13-24/h4-8,11-12,17H,9-10,13-14H2,1-3H3,(H,23,25). The lowest BCUT2D eigenvalue weighted by atomic mass is 10.1. The highest BCUT2D eigenvalue weighted by Gasteiger charge is 2.22. The van der Waals surface area contributed by atoms with Crippen molar-refractivity contribution < 1.29 is 19.1 Å². The molecule has 3 rings (SSSR count). The molecular formula is C22H26N2O4. The van der Waals surface area contributed by atoms with E-state index in [1.165, 1.54) is 5.56 Å². The first-order valence-corrected chi connectivity index (χ1v) is 9.43. The molecule has 2 amide bonds. The van der Waals surface area contributed by atoms with Gasteiger partial charge in [-0.05, 0) is 62.2 Å². The van der Waals surface area contributed by atoms with Gasteiger partial charge >= 0.3 is 0 Å². The lowest BCUT2D eigenvalue weighted by Crippen LogP contribution is -2.44. The van der Waals surface area contributed by atoms with E-state index in [9.17, 15) is 9.59 Å². The zero-order valence-electron chi connectivity index (χ0n) is 16.5. The Kier molecular flexibility index (Phi) is 6.31. The molecular weight excluding hydrogens is 356 g/mol. The van der Waals surface area contributed by atoms with E-state index < -0.39 is 0 Å². The molecule has 1 fully saturated rings. The van der Waals surface area contributed by atoms with Crippen molar-refractivity contribution >= 4 is 17.5 Å². The Bertz CT molecular complexity index is 865. The number of nitrogens with zero attached hydrogens (tertiary/aromatic N) is 1. The van der Waals surface area contributed by atoms with Gasteiger partial charge in [-0.1, -0.05) is 12.1 Å². The van der Waals surface area contributed by atoms with Crippen molar-refractivity contribution in [2.45, 2.75) is 26.9 Å². The van der Waals surface area contributed by atoms with Gasteiger partial charge in [0.2, 0.25) is 0 Å². The number of amides is 2. The van der Waals surface area contributed by atoms with Crippen LogP contribution in [0.3, 0.4) is 0 Å². The molecule has 2 aromatic rings. The molecule has 1 saturated heterocycles. The average Bonchev–Trinajstić information content (AvgIpc) is 2.68. The van der Waals surface area contributed by atoms with E-state index in [0.717, 1.165) is 5.56 Å². The first-order chi connectivity index (χ1) is 13.4. The largest absolute Gasteiger partial charge is 0.484 e. The summed E-state index contributed by atoms with van der Waals surface area (Å²) < 4.78 is 11.0. The minimum Gasteiger partial charge on any atom is -0.484 e. The van der Waals surface area contributed by atoms with Gasteiger partial charge in [-0.2, -0.15) is 0 Å². The van der Waals surface area contributed by atoms with Crippen molar-refractivity contribution in [1.82, 2.24) is 4.90 Å². The van der Waals surface area contributed by atoms with E-state index in [2.05, 4.69) is 5.32 Å². The number of ether oxygens (including phenoxy) is 2. The smallest absolute Gasteiger partial charge is 0.262 e. The van der Waals surface area contributed by atoms with E-state index in [0.29, 0.717) is 36.7 Å². The van der Waals surface area contributed by atoms with Crippen molar-refractivity contribution in [2.24, 2.45) is 0 Å². The van der Waals surface area contributed by atoms with Crippen LogP contribution >= 0.6 is 0 Å². The van der Waals surface area contributed by atoms with Gasteiger partial charge in [-0.3, -0.25) is 9.59 Å². The van der Waals surface area contributed by atoms with Crippen LogP contribution in [0.4, 0.5) is 5.69 Å². The quantitative estimate of drug-likeness (QED) is 0.862. The number of anilines is 1. The van der Waals surface area contributed by atoms with Gasteiger partial charge in [-0.25, -0.2) is 0 Å². The van der Waals surface area contributed by atoms with Gasteiger partial charge < -0.3 is 19.7 Å². The second-order valence-corrected chi connectivity index (χ2v) is 7.10. The first-order valence-electron chi connectivity index (χ1n) is 9.43. The second-order valence-electron chi connectivity index (χ2n) is 7.10. The Balaban J connectivity index is 1.58. The molecule has 1 heterocycles. The summed E-state index contributed by atoms with van der Waals surface area (Å²) in [6, 6.07) is 12.7. The Labute approximate surface area is 165 Å². The third-order valence-electron chi connectivity index (χ3n) is 4.77. The molecule has 0 spiro atoms. The fraction of sp³-hybridized carbons (Fsp3) is 0.364. The van der Waals surface area contributed by atoms with Gasteiger partial charge in [0.1, 0.15) is 5.75 Å². The van der Waals surface area contributed by atoms with Crippen LogP contribution in [-0.4, -0.2) is 49.1 Å². The first kappa shape index (κ1) is 19.9. The molecule has 1 atom stereocenters. The highest BCUT2D eigenvalue weighted by atomic mass is 16.5. The molecule has 2 aromatic carbocycles. The fourth-order valence-corrected chi connectivity index (χ4v) is 3.07. The number of hydrogen-bond acceptors (Lipinski definition) is 4. The number of aryl methyl sites for hydroxylation is 2. The average molecular weight is 382 g/mol. The van der Waals surface area contributed by atoms with Crippen LogP contribution in [0.15, 0.2) is 42.5 Å². The van der Waals surface area contributed by atoms with Crippen LogP contribution < -0.4 is 10.1 Å². The van der Waals surface area contributed by atoms with E-state index in [1.54, 1.807) is 29.2 Å². The van der Waals surface area contributed by atoms with E-state index in [1.807, 2.05) is 39.0 Å². The van der Waals surface area contributed by atoms with E-state index in [4.69, 9.17) is 9.47 Å². The molecule has 1 aliphatic rings. The van der Waals surface area contributed by atoms with Crippen LogP contribution in [0.1, 0.15) is 28.4 Å². The summed E-state index contributed by atoms with van der Waals surface area (Å²) >= 11 is 0. The molecule has 0 bridgehead atoms. The summed E-state index contributed by atoms with van der Waals surface area (Å²) in [4.78, 5) is 26.7. The molecule has 0 saturated carbocycles. The fourth-order valence-electron chi connectivity index (χ4n) is 3.07. The molecule has 6 heteroatoms. The number of carbonyl (C=O) groups excluding carboxylic acids is 2. The highest BCUT2D eigenvalue weighted by Crippen LogP contribution is 2.17. The zero-order valence-corrected chi connectivity index (χ0v) is 16.5. The van der Waals surface area contributed by atoms with Crippen molar-refractivity contribution in [2.75, 3.05) is 31.6 Å². The molecule has 28 heavy (non-hydrogen) atoms. The molecule has 0 aliphatic carbocycles. The van der Waals surface area contributed by atoms with Crippen molar-refractivity contribution in [3.05, 3.63) is 59.2 Å². The third-order valence-corrected chi connectivity index (χ3v) is 4.77. The van der Waals surface area contributed by atoms with Crippen LogP contribution in [0.5, 0.6) is 5.75 Å². The topological polar surface area (TPSA) is 67.9 Å². The SMILES string of the molecule is Cc1ccc(OCC(=O)Nc2cccc(C(=O)N3CCOC(C)C3)c2)cc1C. The molecule has 0 radical (unpaired) electrons. The molecule has 1 aliphatic heterocycles. The number of nitrogens with one attached hydrogen (secondary N) is 1.